The number of hydrogen-bond acceptors (Lipinski definition) is 4. The van der Waals surface area contributed by atoms with E-state index in [-0.39, 0.29) is 0 Å². The fourth-order valence-electron chi connectivity index (χ4n) is 1.05. The molecule has 0 saturated carbocycles. The predicted octanol–water partition coefficient (Wildman–Crippen LogP) is 0.978. The van der Waals surface area contributed by atoms with Crippen molar-refractivity contribution in [2.24, 2.45) is 0 Å². The Bertz CT molecular complexity index is 313. The first-order chi connectivity index (χ1) is 6.77. The molecule has 0 spiro atoms. The number of methoxy groups -OCH3 is 1. The third-order valence-corrected chi connectivity index (χ3v) is 1.76. The normalized spacial score (nSPS) is 9.86. The van der Waals surface area contributed by atoms with Crippen molar-refractivity contribution in [1.82, 2.24) is 10.3 Å². The van der Waals surface area contributed by atoms with Crippen LogP contribution in [0.1, 0.15) is 23.1 Å². The molecule has 0 saturated heterocycles. The molecule has 1 aromatic heterocycles. The smallest absolute Gasteiger partial charge is 0.356 e. The summed E-state index contributed by atoms with van der Waals surface area (Å²) >= 11 is 0. The van der Waals surface area contributed by atoms with E-state index in [2.05, 4.69) is 15.0 Å². The van der Waals surface area contributed by atoms with Crippen molar-refractivity contribution in [2.45, 2.75) is 13.5 Å². The molecule has 0 fully saturated rings. The second kappa shape index (κ2) is 5.34. The van der Waals surface area contributed by atoms with Gasteiger partial charge >= 0.3 is 5.97 Å². The molecule has 1 aromatic rings. The first-order valence-electron chi connectivity index (χ1n) is 4.53. The van der Waals surface area contributed by atoms with E-state index < -0.39 is 5.97 Å². The standard InChI is InChI=1S/C10H14N2O2/c1-3-11-7-8-5-4-6-9(12-8)10(13)14-2/h4-6,11H,3,7H2,1-2H3. The highest BCUT2D eigenvalue weighted by Crippen LogP contribution is 2.00. The van der Waals surface area contributed by atoms with Crippen molar-refractivity contribution < 1.29 is 9.53 Å². The highest BCUT2D eigenvalue weighted by Gasteiger charge is 2.06. The van der Waals surface area contributed by atoms with Crippen molar-refractivity contribution in [3.63, 3.8) is 0 Å². The Kier molecular flexibility index (Phi) is 4.07. The second-order valence-corrected chi connectivity index (χ2v) is 2.79. The van der Waals surface area contributed by atoms with Gasteiger partial charge in [-0.2, -0.15) is 0 Å². The van der Waals surface area contributed by atoms with Gasteiger partial charge in [0, 0.05) is 6.54 Å². The number of carbonyl (C=O) groups excluding carboxylic acids is 1. The van der Waals surface area contributed by atoms with Gasteiger partial charge in [-0.1, -0.05) is 13.0 Å². The lowest BCUT2D eigenvalue weighted by Crippen LogP contribution is -2.14. The van der Waals surface area contributed by atoms with Crippen LogP contribution >= 0.6 is 0 Å². The molecule has 0 aromatic carbocycles. The van der Waals surface area contributed by atoms with Crippen LogP contribution in [-0.2, 0) is 11.3 Å². The summed E-state index contributed by atoms with van der Waals surface area (Å²) in [7, 11) is 1.35. The van der Waals surface area contributed by atoms with Gasteiger partial charge < -0.3 is 10.1 Å². The third-order valence-electron chi connectivity index (χ3n) is 1.76. The molecule has 4 nitrogen and oxygen atoms in total. The van der Waals surface area contributed by atoms with Gasteiger partial charge in [-0.3, -0.25) is 0 Å². The van der Waals surface area contributed by atoms with Crippen LogP contribution in [0.3, 0.4) is 0 Å². The van der Waals surface area contributed by atoms with Gasteiger partial charge in [0.25, 0.3) is 0 Å². The summed E-state index contributed by atoms with van der Waals surface area (Å²) in [6.07, 6.45) is 0. The lowest BCUT2D eigenvalue weighted by Gasteiger charge is -2.03. The van der Waals surface area contributed by atoms with Crippen molar-refractivity contribution >= 4 is 5.97 Å². The topological polar surface area (TPSA) is 51.2 Å². The van der Waals surface area contributed by atoms with E-state index in [1.165, 1.54) is 7.11 Å². The van der Waals surface area contributed by atoms with E-state index in [0.717, 1.165) is 12.2 Å². The Hall–Kier alpha value is -1.42. The molecule has 0 aliphatic carbocycles. The SMILES string of the molecule is CCNCc1cccc(C(=O)OC)n1. The van der Waals surface area contributed by atoms with Gasteiger partial charge in [0.2, 0.25) is 0 Å². The molecule has 4 heteroatoms. The Labute approximate surface area is 83.3 Å². The first kappa shape index (κ1) is 10.7. The van der Waals surface area contributed by atoms with E-state index in [1.807, 2.05) is 13.0 Å². The fraction of sp³-hybridized carbons (Fsp3) is 0.400. The summed E-state index contributed by atoms with van der Waals surface area (Å²) in [4.78, 5) is 15.3. The molecule has 0 aliphatic heterocycles. The maximum absolute atomic E-state index is 11.1. The van der Waals surface area contributed by atoms with E-state index in [1.54, 1.807) is 12.1 Å². The number of esters is 1. The van der Waals surface area contributed by atoms with E-state index in [0.29, 0.717) is 12.2 Å². The van der Waals surface area contributed by atoms with Gasteiger partial charge in [-0.25, -0.2) is 9.78 Å². The molecule has 0 unspecified atom stereocenters. The van der Waals surface area contributed by atoms with E-state index in [4.69, 9.17) is 0 Å². The van der Waals surface area contributed by atoms with E-state index >= 15 is 0 Å². The number of pyridine rings is 1. The molecule has 0 radical (unpaired) electrons. The van der Waals surface area contributed by atoms with Crippen LogP contribution in [0.25, 0.3) is 0 Å². The van der Waals surface area contributed by atoms with Crippen LogP contribution in [0.5, 0.6) is 0 Å². The average Bonchev–Trinajstić information content (AvgIpc) is 2.25. The average molecular weight is 194 g/mol. The molecule has 1 rings (SSSR count). The monoisotopic (exact) mass is 194 g/mol. The largest absolute Gasteiger partial charge is 0.464 e. The number of nitrogens with zero attached hydrogens (tertiary/aromatic N) is 1. The zero-order valence-corrected chi connectivity index (χ0v) is 8.41. The zero-order valence-electron chi connectivity index (χ0n) is 8.41. The summed E-state index contributed by atoms with van der Waals surface area (Å²) in [5, 5.41) is 3.13. The van der Waals surface area contributed by atoms with Crippen molar-refractivity contribution in [1.29, 1.82) is 0 Å². The number of rotatable bonds is 4. The van der Waals surface area contributed by atoms with Crippen LogP contribution in [0.4, 0.5) is 0 Å². The van der Waals surface area contributed by atoms with Crippen molar-refractivity contribution in [2.75, 3.05) is 13.7 Å². The Morgan fingerprint density at radius 3 is 3.00 bits per heavy atom. The molecule has 14 heavy (non-hydrogen) atoms. The quantitative estimate of drug-likeness (QED) is 0.726. The first-order valence-corrected chi connectivity index (χ1v) is 4.53. The van der Waals surface area contributed by atoms with Gasteiger partial charge in [0.15, 0.2) is 0 Å². The highest BCUT2D eigenvalue weighted by atomic mass is 16.5. The second-order valence-electron chi connectivity index (χ2n) is 2.79. The molecule has 0 amide bonds. The lowest BCUT2D eigenvalue weighted by atomic mass is 10.3. The van der Waals surface area contributed by atoms with Crippen LogP contribution in [-0.4, -0.2) is 24.6 Å². The van der Waals surface area contributed by atoms with Crippen LogP contribution < -0.4 is 5.32 Å². The maximum atomic E-state index is 11.1. The van der Waals surface area contributed by atoms with Crippen LogP contribution in [0.2, 0.25) is 0 Å². The zero-order chi connectivity index (χ0) is 10.4. The minimum Gasteiger partial charge on any atom is -0.464 e. The number of carbonyl (C=O) groups is 1. The highest BCUT2D eigenvalue weighted by molar-refractivity contribution is 5.87. The van der Waals surface area contributed by atoms with Crippen molar-refractivity contribution in [3.05, 3.63) is 29.6 Å². The van der Waals surface area contributed by atoms with Gasteiger partial charge in [-0.15, -0.1) is 0 Å². The maximum Gasteiger partial charge on any atom is 0.356 e. The fourth-order valence-corrected chi connectivity index (χ4v) is 1.05. The number of nitrogens with one attached hydrogen (secondary N) is 1. The Balaban J connectivity index is 2.73. The molecule has 1 N–H and O–H groups in total. The minimum absolute atomic E-state index is 0.350. The summed E-state index contributed by atoms with van der Waals surface area (Å²) in [6.45, 7) is 3.57. The third kappa shape index (κ3) is 2.81. The van der Waals surface area contributed by atoms with Crippen molar-refractivity contribution in [3.8, 4) is 0 Å². The summed E-state index contributed by atoms with van der Waals surface area (Å²) < 4.78 is 4.57. The molecule has 0 atom stereocenters. The number of hydrogen-bond donors (Lipinski definition) is 1. The predicted molar refractivity (Wildman–Crippen MR) is 53.0 cm³/mol. The minimum atomic E-state index is -0.400. The summed E-state index contributed by atoms with van der Waals surface area (Å²) in [6, 6.07) is 5.31. The van der Waals surface area contributed by atoms with E-state index in [9.17, 15) is 4.79 Å². The number of ether oxygens (including phenoxy) is 1. The van der Waals surface area contributed by atoms with Gasteiger partial charge in [0.05, 0.1) is 12.8 Å². The van der Waals surface area contributed by atoms with Gasteiger partial charge in [-0.05, 0) is 18.7 Å². The molecular weight excluding hydrogens is 180 g/mol. The molecular formula is C10H14N2O2. The molecule has 0 aliphatic rings. The molecule has 1 heterocycles. The molecule has 76 valence electrons. The Morgan fingerprint density at radius 1 is 1.57 bits per heavy atom. The van der Waals surface area contributed by atoms with Crippen LogP contribution in [0.15, 0.2) is 18.2 Å². The summed E-state index contributed by atoms with van der Waals surface area (Å²) in [5.41, 5.74) is 1.19. The van der Waals surface area contributed by atoms with Crippen LogP contribution in [0, 0.1) is 0 Å². The van der Waals surface area contributed by atoms with Gasteiger partial charge in [0.1, 0.15) is 5.69 Å². The lowest BCUT2D eigenvalue weighted by molar-refractivity contribution is 0.0593. The summed E-state index contributed by atoms with van der Waals surface area (Å²) in [5.74, 6) is -0.400. The Morgan fingerprint density at radius 2 is 2.36 bits per heavy atom. The number of aromatic nitrogens is 1. The molecule has 0 bridgehead atoms.